The van der Waals surface area contributed by atoms with Gasteiger partial charge in [-0.25, -0.2) is 18.4 Å². The third-order valence-corrected chi connectivity index (χ3v) is 7.06. The largest absolute Gasteiger partial charge is 0.353 e. The van der Waals surface area contributed by atoms with Crippen molar-refractivity contribution in [2.45, 2.75) is 25.7 Å². The number of sulfonamides is 1. The van der Waals surface area contributed by atoms with Crippen LogP contribution in [-0.2, 0) is 10.0 Å². The van der Waals surface area contributed by atoms with Gasteiger partial charge in [-0.3, -0.25) is 14.9 Å². The van der Waals surface area contributed by atoms with E-state index in [-0.39, 0.29) is 22.3 Å². The summed E-state index contributed by atoms with van der Waals surface area (Å²) in [6, 6.07) is 12.4. The maximum atomic E-state index is 12.7. The fourth-order valence-electron chi connectivity index (χ4n) is 3.25. The first-order chi connectivity index (χ1) is 16.2. The lowest BCUT2D eigenvalue weighted by Gasteiger charge is -2.18. The lowest BCUT2D eigenvalue weighted by Crippen LogP contribution is -2.30. The predicted molar refractivity (Wildman–Crippen MR) is 128 cm³/mol. The number of nitrogens with zero attached hydrogens (tertiary/aromatic N) is 4. The van der Waals surface area contributed by atoms with E-state index in [1.165, 1.54) is 35.5 Å². The minimum absolute atomic E-state index is 0.0658. The molecular weight excluding hydrogens is 460 g/mol. The molecular formula is C22H24N6O5S. The van der Waals surface area contributed by atoms with Crippen LogP contribution in [0.1, 0.15) is 31.1 Å². The predicted octanol–water partition coefficient (Wildman–Crippen LogP) is 4.11. The van der Waals surface area contributed by atoms with Crippen LogP contribution in [0.25, 0.3) is 0 Å². The van der Waals surface area contributed by atoms with Gasteiger partial charge in [0.25, 0.3) is 0 Å². The van der Waals surface area contributed by atoms with E-state index in [1.54, 1.807) is 38.1 Å². The molecule has 0 atom stereocenters. The van der Waals surface area contributed by atoms with Crippen LogP contribution in [0.3, 0.4) is 0 Å². The fourth-order valence-corrected chi connectivity index (χ4v) is 4.70. The van der Waals surface area contributed by atoms with Gasteiger partial charge in [0.2, 0.25) is 21.7 Å². The highest BCUT2D eigenvalue weighted by Gasteiger charge is 2.24. The molecule has 0 aliphatic heterocycles. The fraction of sp³-hybridized carbons (Fsp3) is 0.227. The summed E-state index contributed by atoms with van der Waals surface area (Å²) in [6.07, 6.45) is 1.16. The summed E-state index contributed by atoms with van der Waals surface area (Å²) < 4.78 is 26.7. The Balaban J connectivity index is 1.90. The molecule has 1 heterocycles. The highest BCUT2D eigenvalue weighted by molar-refractivity contribution is 7.89. The van der Waals surface area contributed by atoms with Gasteiger partial charge in [-0.1, -0.05) is 26.0 Å². The number of benzene rings is 2. The Morgan fingerprint density at radius 1 is 1.00 bits per heavy atom. The molecule has 0 spiro atoms. The summed E-state index contributed by atoms with van der Waals surface area (Å²) in [5.41, 5.74) is 0.895. The topological polar surface area (TPSA) is 147 Å². The van der Waals surface area contributed by atoms with Gasteiger partial charge in [0.05, 0.1) is 9.82 Å². The van der Waals surface area contributed by atoms with E-state index in [9.17, 15) is 23.3 Å². The first-order valence-electron chi connectivity index (χ1n) is 10.4. The quantitative estimate of drug-likeness (QED) is 0.246. The van der Waals surface area contributed by atoms with E-state index < -0.39 is 20.6 Å². The van der Waals surface area contributed by atoms with Gasteiger partial charge >= 0.3 is 5.69 Å². The van der Waals surface area contributed by atoms with Crippen LogP contribution in [0.15, 0.2) is 59.8 Å². The molecule has 12 heteroatoms. The second kappa shape index (κ2) is 10.4. The van der Waals surface area contributed by atoms with E-state index in [1.807, 2.05) is 0 Å². The minimum Gasteiger partial charge on any atom is -0.334 e. The molecule has 0 amide bonds. The van der Waals surface area contributed by atoms with E-state index in [4.69, 9.17) is 0 Å². The van der Waals surface area contributed by atoms with E-state index >= 15 is 0 Å². The Morgan fingerprint density at radius 3 is 2.12 bits per heavy atom. The Hall–Kier alpha value is -3.90. The molecule has 34 heavy (non-hydrogen) atoms. The average molecular weight is 485 g/mol. The highest BCUT2D eigenvalue weighted by atomic mass is 32.2. The van der Waals surface area contributed by atoms with Gasteiger partial charge in [-0.2, -0.15) is 4.31 Å². The van der Waals surface area contributed by atoms with Crippen LogP contribution >= 0.6 is 0 Å². The number of aromatic nitrogens is 2. The van der Waals surface area contributed by atoms with Crippen molar-refractivity contribution in [1.82, 2.24) is 14.3 Å². The van der Waals surface area contributed by atoms with Gasteiger partial charge < -0.3 is 10.6 Å². The number of nitrogens with one attached hydrogen (secondary N) is 2. The molecule has 2 N–H and O–H groups in total. The van der Waals surface area contributed by atoms with Gasteiger partial charge in [-0.15, -0.1) is 0 Å². The SMILES string of the molecule is CCN(CC)S(=O)(=O)c1ccc(Nc2ncnc(Nc3cccc(C(C)=O)c3)c2[N+](=O)[O-])cc1. The van der Waals surface area contributed by atoms with Gasteiger partial charge in [0.15, 0.2) is 5.78 Å². The summed E-state index contributed by atoms with van der Waals surface area (Å²) in [6.45, 7) is 5.63. The van der Waals surface area contributed by atoms with Crippen LogP contribution in [0, 0.1) is 10.1 Å². The monoisotopic (exact) mass is 484 g/mol. The first-order valence-corrected chi connectivity index (χ1v) is 11.9. The Labute approximate surface area is 197 Å². The van der Waals surface area contributed by atoms with Gasteiger partial charge in [0, 0.05) is 30.0 Å². The molecule has 0 unspecified atom stereocenters. The van der Waals surface area contributed by atoms with Crippen molar-refractivity contribution in [2.75, 3.05) is 23.7 Å². The molecule has 0 aliphatic carbocycles. The normalized spacial score (nSPS) is 11.3. The standard InChI is InChI=1S/C22H24N6O5S/c1-4-27(5-2)34(32,33)19-11-9-17(10-12-19)25-21-20(28(30)31)22(24-14-23-21)26-18-8-6-7-16(13-18)15(3)29/h6-14H,4-5H2,1-3H3,(H2,23,24,25,26). The molecule has 0 saturated carbocycles. The maximum absolute atomic E-state index is 12.7. The van der Waals surface area contributed by atoms with Crippen LogP contribution in [0.2, 0.25) is 0 Å². The molecule has 3 rings (SSSR count). The van der Waals surface area contributed by atoms with E-state index in [0.29, 0.717) is 30.0 Å². The molecule has 0 saturated heterocycles. The summed E-state index contributed by atoms with van der Waals surface area (Å²) in [5, 5.41) is 17.5. The number of hydrogen-bond acceptors (Lipinski definition) is 9. The zero-order valence-corrected chi connectivity index (χ0v) is 19.7. The molecule has 1 aromatic heterocycles. The number of hydrogen-bond donors (Lipinski definition) is 2. The van der Waals surface area contributed by atoms with Crippen molar-refractivity contribution >= 4 is 44.5 Å². The lowest BCUT2D eigenvalue weighted by atomic mass is 10.1. The van der Waals surface area contributed by atoms with Gasteiger partial charge in [-0.05, 0) is 43.3 Å². The Morgan fingerprint density at radius 2 is 1.59 bits per heavy atom. The average Bonchev–Trinajstić information content (AvgIpc) is 2.80. The number of carbonyl (C=O) groups is 1. The first kappa shape index (κ1) is 24.7. The third-order valence-electron chi connectivity index (χ3n) is 5.00. The van der Waals surface area contributed by atoms with Crippen LogP contribution in [0.4, 0.5) is 28.7 Å². The van der Waals surface area contributed by atoms with Crippen molar-refractivity contribution in [3.05, 3.63) is 70.5 Å². The van der Waals surface area contributed by atoms with Crippen LogP contribution < -0.4 is 10.6 Å². The second-order valence-electron chi connectivity index (χ2n) is 7.18. The molecule has 3 aromatic rings. The molecule has 0 fully saturated rings. The van der Waals surface area contributed by atoms with E-state index in [2.05, 4.69) is 20.6 Å². The van der Waals surface area contributed by atoms with Gasteiger partial charge in [0.1, 0.15) is 6.33 Å². The van der Waals surface area contributed by atoms with Crippen molar-refractivity contribution in [3.63, 3.8) is 0 Å². The molecule has 0 aliphatic rings. The Bertz CT molecular complexity index is 1310. The maximum Gasteiger partial charge on any atom is 0.353 e. The number of Topliss-reactive ketones (excluding diaryl/α,β-unsaturated/α-hetero) is 1. The van der Waals surface area contributed by atoms with Crippen LogP contribution in [0.5, 0.6) is 0 Å². The zero-order chi connectivity index (χ0) is 24.9. The van der Waals surface area contributed by atoms with Crippen molar-refractivity contribution in [2.24, 2.45) is 0 Å². The third kappa shape index (κ3) is 5.35. The second-order valence-corrected chi connectivity index (χ2v) is 9.12. The van der Waals surface area contributed by atoms with Crippen LogP contribution in [-0.4, -0.2) is 46.5 Å². The molecule has 178 valence electrons. The van der Waals surface area contributed by atoms with Crippen molar-refractivity contribution < 1.29 is 18.1 Å². The summed E-state index contributed by atoms with van der Waals surface area (Å²) in [7, 11) is -3.63. The molecule has 11 nitrogen and oxygen atoms in total. The summed E-state index contributed by atoms with van der Waals surface area (Å²) in [5.74, 6) is -0.289. The van der Waals surface area contributed by atoms with Crippen molar-refractivity contribution in [3.8, 4) is 0 Å². The Kier molecular flexibility index (Phi) is 7.54. The number of nitro groups is 1. The van der Waals surface area contributed by atoms with E-state index in [0.717, 1.165) is 6.33 Å². The lowest BCUT2D eigenvalue weighted by molar-refractivity contribution is -0.383. The highest BCUT2D eigenvalue weighted by Crippen LogP contribution is 2.33. The number of anilines is 4. The molecule has 0 radical (unpaired) electrons. The smallest absolute Gasteiger partial charge is 0.334 e. The summed E-state index contributed by atoms with van der Waals surface area (Å²) in [4.78, 5) is 30.9. The van der Waals surface area contributed by atoms with Crippen molar-refractivity contribution in [1.29, 1.82) is 0 Å². The minimum atomic E-state index is -3.63. The number of ketones is 1. The summed E-state index contributed by atoms with van der Waals surface area (Å²) >= 11 is 0. The number of carbonyl (C=O) groups excluding carboxylic acids is 1. The molecule has 2 aromatic carbocycles. The molecule has 0 bridgehead atoms. The number of rotatable bonds is 10. The zero-order valence-electron chi connectivity index (χ0n) is 18.8.